The van der Waals surface area contributed by atoms with Crippen molar-refractivity contribution in [3.63, 3.8) is 0 Å². The first-order valence-corrected chi connectivity index (χ1v) is 13.2. The summed E-state index contributed by atoms with van der Waals surface area (Å²) in [5.74, 6) is 2.25. The fourth-order valence-electron chi connectivity index (χ4n) is 6.00. The van der Waals surface area contributed by atoms with Crippen molar-refractivity contribution >= 4 is 5.91 Å². The number of carbonyl (C=O) groups is 1. The number of hydrogen-bond donors (Lipinski definition) is 1. The van der Waals surface area contributed by atoms with Gasteiger partial charge in [-0.15, -0.1) is 0 Å². The van der Waals surface area contributed by atoms with Gasteiger partial charge in [0.2, 0.25) is 5.91 Å². The van der Waals surface area contributed by atoms with Crippen molar-refractivity contribution in [3.05, 3.63) is 59.7 Å². The first-order valence-electron chi connectivity index (χ1n) is 13.2. The summed E-state index contributed by atoms with van der Waals surface area (Å²) in [6.45, 7) is 3.45. The molecule has 5 rings (SSSR count). The first-order chi connectivity index (χ1) is 16.3. The van der Waals surface area contributed by atoms with Gasteiger partial charge in [0, 0.05) is 36.8 Å². The number of rotatable bonds is 4. The van der Waals surface area contributed by atoms with Crippen LogP contribution in [0.25, 0.3) is 0 Å². The molecular weight excluding hydrogens is 408 g/mol. The maximum Gasteiger partial charge on any atom is 0.232 e. The quantitative estimate of drug-likeness (QED) is 0.603. The van der Waals surface area contributed by atoms with E-state index in [4.69, 9.17) is 4.74 Å². The summed E-state index contributed by atoms with van der Waals surface area (Å²) >= 11 is 0. The van der Waals surface area contributed by atoms with E-state index in [1.165, 1.54) is 57.9 Å². The monoisotopic (exact) mass is 446 g/mol. The Bertz CT molecular complexity index is 879. The number of nitrogens with one attached hydrogen (secondary N) is 1. The molecule has 1 N–H and O–H groups in total. The number of para-hydroxylation sites is 2. The maximum absolute atomic E-state index is 13.5. The van der Waals surface area contributed by atoms with Gasteiger partial charge >= 0.3 is 0 Å². The van der Waals surface area contributed by atoms with E-state index < -0.39 is 0 Å². The van der Waals surface area contributed by atoms with Crippen LogP contribution in [0.2, 0.25) is 0 Å². The summed E-state index contributed by atoms with van der Waals surface area (Å²) in [5.41, 5.74) is 1.93. The van der Waals surface area contributed by atoms with Crippen molar-refractivity contribution in [2.45, 2.75) is 76.2 Å². The molecule has 2 aromatic carbocycles. The van der Waals surface area contributed by atoms with Gasteiger partial charge < -0.3 is 15.0 Å². The fourth-order valence-corrected chi connectivity index (χ4v) is 6.00. The lowest BCUT2D eigenvalue weighted by Crippen LogP contribution is -2.47. The van der Waals surface area contributed by atoms with Crippen LogP contribution in [0.4, 0.5) is 0 Å². The lowest BCUT2D eigenvalue weighted by atomic mass is 9.86. The molecule has 0 spiro atoms. The Morgan fingerprint density at radius 1 is 0.788 bits per heavy atom. The lowest BCUT2D eigenvalue weighted by molar-refractivity contribution is -0.122. The summed E-state index contributed by atoms with van der Waals surface area (Å²) in [4.78, 5) is 16.2. The lowest BCUT2D eigenvalue weighted by Gasteiger charge is -2.35. The van der Waals surface area contributed by atoms with Gasteiger partial charge in [-0.1, -0.05) is 74.9 Å². The summed E-state index contributed by atoms with van der Waals surface area (Å²) in [7, 11) is 0. The van der Waals surface area contributed by atoms with Crippen LogP contribution < -0.4 is 10.1 Å². The van der Waals surface area contributed by atoms with Gasteiger partial charge in [-0.2, -0.15) is 0 Å². The number of likely N-dealkylation sites (tertiary alicyclic amines) is 1. The summed E-state index contributed by atoms with van der Waals surface area (Å²) in [6.07, 6.45) is 13.4. The molecule has 2 fully saturated rings. The van der Waals surface area contributed by atoms with Crippen LogP contribution in [0.1, 0.15) is 81.3 Å². The van der Waals surface area contributed by atoms with Gasteiger partial charge in [0.05, 0.1) is 5.92 Å². The molecule has 0 radical (unpaired) electrons. The number of piperidine rings is 1. The molecule has 0 unspecified atom stereocenters. The highest BCUT2D eigenvalue weighted by atomic mass is 16.5. The molecule has 0 bridgehead atoms. The molecule has 1 saturated carbocycles. The number of fused-ring (bicyclic) bond motifs is 2. The van der Waals surface area contributed by atoms with Gasteiger partial charge in [0.15, 0.2) is 0 Å². The van der Waals surface area contributed by atoms with E-state index >= 15 is 0 Å². The molecule has 1 aliphatic carbocycles. The number of amides is 1. The Morgan fingerprint density at radius 3 is 1.94 bits per heavy atom. The van der Waals surface area contributed by atoms with Gasteiger partial charge in [-0.05, 0) is 43.7 Å². The minimum Gasteiger partial charge on any atom is -0.457 e. The van der Waals surface area contributed by atoms with Gasteiger partial charge in [0.25, 0.3) is 0 Å². The third-order valence-corrected chi connectivity index (χ3v) is 7.87. The number of nitrogens with zero attached hydrogens (tertiary/aromatic N) is 1. The Balaban J connectivity index is 1.18. The van der Waals surface area contributed by atoms with Crippen molar-refractivity contribution in [3.8, 4) is 11.5 Å². The second-order valence-corrected chi connectivity index (χ2v) is 10.3. The van der Waals surface area contributed by atoms with E-state index in [1.807, 2.05) is 48.5 Å². The second-order valence-electron chi connectivity index (χ2n) is 10.3. The molecule has 33 heavy (non-hydrogen) atoms. The summed E-state index contributed by atoms with van der Waals surface area (Å²) in [5, 5.41) is 3.40. The summed E-state index contributed by atoms with van der Waals surface area (Å²) in [6, 6.07) is 16.1. The molecule has 2 heterocycles. The molecule has 2 aromatic rings. The van der Waals surface area contributed by atoms with Crippen LogP contribution in [0.3, 0.4) is 0 Å². The Morgan fingerprint density at radius 2 is 1.33 bits per heavy atom. The highest BCUT2D eigenvalue weighted by Gasteiger charge is 2.34. The molecule has 0 aromatic heterocycles. The van der Waals surface area contributed by atoms with Crippen LogP contribution in [0.15, 0.2) is 48.5 Å². The predicted molar refractivity (Wildman–Crippen MR) is 133 cm³/mol. The Labute approximate surface area is 198 Å². The Hall–Kier alpha value is -2.33. The molecule has 0 atom stereocenters. The van der Waals surface area contributed by atoms with Gasteiger partial charge in [-0.3, -0.25) is 4.79 Å². The molecule has 4 heteroatoms. The molecule has 1 amide bonds. The van der Waals surface area contributed by atoms with Gasteiger partial charge in [0.1, 0.15) is 11.5 Å². The second kappa shape index (κ2) is 10.7. The molecular formula is C29H38N2O2. The number of benzene rings is 2. The Kier molecular flexibility index (Phi) is 7.30. The SMILES string of the molecule is O=C(NC1CCN(CC2CCCCCCCC2)CC1)C1c2ccccc2Oc2ccccc21. The van der Waals surface area contributed by atoms with E-state index in [0.717, 1.165) is 54.5 Å². The van der Waals surface area contributed by atoms with Crippen LogP contribution in [-0.4, -0.2) is 36.5 Å². The first kappa shape index (κ1) is 22.5. The average molecular weight is 447 g/mol. The highest BCUT2D eigenvalue weighted by Crippen LogP contribution is 2.44. The fraction of sp³-hybridized carbons (Fsp3) is 0.552. The van der Waals surface area contributed by atoms with E-state index in [0.29, 0.717) is 0 Å². The highest BCUT2D eigenvalue weighted by molar-refractivity contribution is 5.89. The van der Waals surface area contributed by atoms with E-state index in [2.05, 4.69) is 10.2 Å². The minimum atomic E-state index is -0.303. The van der Waals surface area contributed by atoms with Crippen LogP contribution in [0.5, 0.6) is 11.5 Å². The standard InChI is InChI=1S/C29H38N2O2/c32-29(28-24-13-7-9-15-26(24)33-27-16-10-8-14-25(27)28)30-23-17-19-31(20-18-23)21-22-11-5-3-1-2-4-6-12-22/h7-10,13-16,22-23,28H,1-6,11-12,17-21H2,(H,30,32). The average Bonchev–Trinajstić information content (AvgIpc) is 2.97. The smallest absolute Gasteiger partial charge is 0.232 e. The van der Waals surface area contributed by atoms with Crippen molar-refractivity contribution in [2.75, 3.05) is 19.6 Å². The molecule has 1 saturated heterocycles. The minimum absolute atomic E-state index is 0.105. The number of carbonyl (C=O) groups excluding carboxylic acids is 1. The normalized spacial score (nSPS) is 21.1. The topological polar surface area (TPSA) is 41.6 Å². The maximum atomic E-state index is 13.5. The molecule has 2 aliphatic heterocycles. The van der Waals surface area contributed by atoms with Crippen LogP contribution in [0, 0.1) is 5.92 Å². The van der Waals surface area contributed by atoms with Crippen LogP contribution in [-0.2, 0) is 4.79 Å². The van der Waals surface area contributed by atoms with Crippen molar-refractivity contribution < 1.29 is 9.53 Å². The van der Waals surface area contributed by atoms with Crippen molar-refractivity contribution in [2.24, 2.45) is 5.92 Å². The van der Waals surface area contributed by atoms with Crippen LogP contribution >= 0.6 is 0 Å². The van der Waals surface area contributed by atoms with E-state index in [9.17, 15) is 4.79 Å². The largest absolute Gasteiger partial charge is 0.457 e. The number of hydrogen-bond acceptors (Lipinski definition) is 3. The van der Waals surface area contributed by atoms with Crippen molar-refractivity contribution in [1.82, 2.24) is 10.2 Å². The van der Waals surface area contributed by atoms with Gasteiger partial charge in [-0.25, -0.2) is 0 Å². The van der Waals surface area contributed by atoms with E-state index in [1.54, 1.807) is 0 Å². The van der Waals surface area contributed by atoms with Crippen molar-refractivity contribution in [1.29, 1.82) is 0 Å². The molecule has 4 nitrogen and oxygen atoms in total. The summed E-state index contributed by atoms with van der Waals surface area (Å²) < 4.78 is 6.07. The molecule has 176 valence electrons. The third kappa shape index (κ3) is 5.43. The zero-order chi connectivity index (χ0) is 22.5. The zero-order valence-corrected chi connectivity index (χ0v) is 19.8. The zero-order valence-electron chi connectivity index (χ0n) is 19.8. The number of ether oxygens (including phenoxy) is 1. The van der Waals surface area contributed by atoms with E-state index in [-0.39, 0.29) is 17.9 Å². The predicted octanol–water partition coefficient (Wildman–Crippen LogP) is 6.26. The third-order valence-electron chi connectivity index (χ3n) is 7.87. The molecule has 3 aliphatic rings.